The molecule has 0 unspecified atom stereocenters. The molecule has 3 nitrogen and oxygen atoms in total. The van der Waals surface area contributed by atoms with E-state index < -0.39 is 0 Å². The minimum atomic E-state index is 0.223. The van der Waals surface area contributed by atoms with Crippen molar-refractivity contribution in [3.05, 3.63) is 16.5 Å². The number of rotatable bonds is 4. The Bertz CT molecular complexity index is 389. The molecule has 88 valence electrons. The molecular weight excluding hydrogens is 245 g/mol. The highest BCUT2D eigenvalue weighted by Gasteiger charge is 2.45. The highest BCUT2D eigenvalue weighted by atomic mass is 35.5. The first kappa shape index (κ1) is 11.9. The first-order valence-corrected chi connectivity index (χ1v) is 6.21. The highest BCUT2D eigenvalue weighted by molar-refractivity contribution is 6.33. The summed E-state index contributed by atoms with van der Waals surface area (Å²) in [6.45, 7) is 5.41. The third kappa shape index (κ3) is 2.41. The van der Waals surface area contributed by atoms with Gasteiger partial charge in [-0.1, -0.05) is 25.4 Å². The second-order valence-corrected chi connectivity index (χ2v) is 5.45. The van der Waals surface area contributed by atoms with Crippen molar-refractivity contribution in [1.29, 1.82) is 0 Å². The standard InChI is InChI=1S/C11H15Cl2N3/c1-7(2)11(3-4-11)6-15-9-8(12)5-14-10(13)16-9/h5,7H,3-4,6H2,1-2H3,(H,14,15,16). The van der Waals surface area contributed by atoms with Gasteiger partial charge in [-0.2, -0.15) is 4.98 Å². The maximum atomic E-state index is 5.98. The Kier molecular flexibility index (Phi) is 3.27. The summed E-state index contributed by atoms with van der Waals surface area (Å²) in [6, 6.07) is 0. The second-order valence-electron chi connectivity index (χ2n) is 4.71. The van der Waals surface area contributed by atoms with E-state index in [9.17, 15) is 0 Å². The molecule has 1 aromatic rings. The normalized spacial score (nSPS) is 17.6. The summed E-state index contributed by atoms with van der Waals surface area (Å²) in [7, 11) is 0. The van der Waals surface area contributed by atoms with Gasteiger partial charge in [0.05, 0.1) is 6.20 Å². The van der Waals surface area contributed by atoms with Crippen LogP contribution in [0.4, 0.5) is 5.82 Å². The van der Waals surface area contributed by atoms with E-state index in [0.29, 0.717) is 22.2 Å². The maximum Gasteiger partial charge on any atom is 0.224 e. The number of hydrogen-bond acceptors (Lipinski definition) is 3. The molecule has 16 heavy (non-hydrogen) atoms. The number of nitrogens with one attached hydrogen (secondary N) is 1. The van der Waals surface area contributed by atoms with Gasteiger partial charge in [-0.25, -0.2) is 4.98 Å². The van der Waals surface area contributed by atoms with E-state index in [4.69, 9.17) is 23.2 Å². The SMILES string of the molecule is CC(C)C1(CNc2nc(Cl)ncc2Cl)CC1. The molecular formula is C11H15Cl2N3. The largest absolute Gasteiger partial charge is 0.368 e. The number of anilines is 1. The van der Waals surface area contributed by atoms with Crippen molar-refractivity contribution in [3.63, 3.8) is 0 Å². The fourth-order valence-corrected chi connectivity index (χ4v) is 2.14. The Hall–Kier alpha value is -0.540. The van der Waals surface area contributed by atoms with E-state index in [1.54, 1.807) is 0 Å². The van der Waals surface area contributed by atoms with E-state index in [1.807, 2.05) is 0 Å². The van der Waals surface area contributed by atoms with E-state index >= 15 is 0 Å². The van der Waals surface area contributed by atoms with Crippen molar-refractivity contribution >= 4 is 29.0 Å². The van der Waals surface area contributed by atoms with Crippen molar-refractivity contribution in [2.45, 2.75) is 26.7 Å². The summed E-state index contributed by atoms with van der Waals surface area (Å²) < 4.78 is 0. The summed E-state index contributed by atoms with van der Waals surface area (Å²) in [5.41, 5.74) is 0.417. The molecule has 1 N–H and O–H groups in total. The minimum absolute atomic E-state index is 0.223. The Morgan fingerprint density at radius 3 is 2.69 bits per heavy atom. The molecule has 5 heteroatoms. The van der Waals surface area contributed by atoms with Gasteiger partial charge in [0.2, 0.25) is 5.28 Å². The van der Waals surface area contributed by atoms with Crippen LogP contribution in [0.1, 0.15) is 26.7 Å². The van der Waals surface area contributed by atoms with Crippen LogP contribution in [0.5, 0.6) is 0 Å². The van der Waals surface area contributed by atoms with Crippen LogP contribution in [-0.4, -0.2) is 16.5 Å². The number of halogens is 2. The zero-order valence-electron chi connectivity index (χ0n) is 9.43. The molecule has 0 aromatic carbocycles. The van der Waals surface area contributed by atoms with Crippen LogP contribution < -0.4 is 5.32 Å². The molecule has 0 saturated heterocycles. The summed E-state index contributed by atoms with van der Waals surface area (Å²) in [5.74, 6) is 1.31. The summed E-state index contributed by atoms with van der Waals surface area (Å²) >= 11 is 11.7. The van der Waals surface area contributed by atoms with E-state index in [0.717, 1.165) is 6.54 Å². The van der Waals surface area contributed by atoms with Gasteiger partial charge < -0.3 is 5.32 Å². The van der Waals surface area contributed by atoms with Gasteiger partial charge in [-0.3, -0.25) is 0 Å². The lowest BCUT2D eigenvalue weighted by Crippen LogP contribution is -2.21. The van der Waals surface area contributed by atoms with Gasteiger partial charge >= 0.3 is 0 Å². The Morgan fingerprint density at radius 2 is 2.12 bits per heavy atom. The average Bonchev–Trinajstić information content (AvgIpc) is 3.00. The third-order valence-electron chi connectivity index (χ3n) is 3.44. The van der Waals surface area contributed by atoms with Crippen LogP contribution in [0.15, 0.2) is 6.20 Å². The molecule has 0 radical (unpaired) electrons. The molecule has 1 saturated carbocycles. The monoisotopic (exact) mass is 259 g/mol. The Balaban J connectivity index is 2.02. The van der Waals surface area contributed by atoms with Crippen LogP contribution in [0.3, 0.4) is 0 Å². The molecule has 0 amide bonds. The molecule has 2 rings (SSSR count). The number of nitrogens with zero attached hydrogens (tertiary/aromatic N) is 2. The van der Waals surface area contributed by atoms with Gasteiger partial charge in [0.25, 0.3) is 0 Å². The fourth-order valence-electron chi connectivity index (χ4n) is 1.85. The van der Waals surface area contributed by atoms with Gasteiger partial charge in [-0.05, 0) is 35.8 Å². The van der Waals surface area contributed by atoms with Crippen molar-refractivity contribution in [2.24, 2.45) is 11.3 Å². The molecule has 0 aliphatic heterocycles. The predicted molar refractivity (Wildman–Crippen MR) is 67.0 cm³/mol. The quantitative estimate of drug-likeness (QED) is 0.840. The lowest BCUT2D eigenvalue weighted by Gasteiger charge is -2.20. The first-order chi connectivity index (χ1) is 7.53. The molecule has 0 spiro atoms. The first-order valence-electron chi connectivity index (χ1n) is 5.45. The van der Waals surface area contributed by atoms with Crippen molar-refractivity contribution < 1.29 is 0 Å². The molecule has 0 atom stereocenters. The second kappa shape index (κ2) is 4.38. The summed E-state index contributed by atoms with van der Waals surface area (Å²) in [6.07, 6.45) is 4.07. The molecule has 1 heterocycles. The van der Waals surface area contributed by atoms with E-state index in [-0.39, 0.29) is 5.28 Å². The molecule has 1 aromatic heterocycles. The van der Waals surface area contributed by atoms with Crippen LogP contribution in [0.2, 0.25) is 10.3 Å². The van der Waals surface area contributed by atoms with Gasteiger partial charge in [0.15, 0.2) is 0 Å². The third-order valence-corrected chi connectivity index (χ3v) is 3.90. The topological polar surface area (TPSA) is 37.8 Å². The molecule has 0 bridgehead atoms. The molecule has 1 fully saturated rings. The summed E-state index contributed by atoms with van der Waals surface area (Å²) in [4.78, 5) is 7.89. The van der Waals surface area contributed by atoms with Crippen LogP contribution >= 0.6 is 23.2 Å². The van der Waals surface area contributed by atoms with Crippen molar-refractivity contribution in [3.8, 4) is 0 Å². The maximum absolute atomic E-state index is 5.98. The Labute approximate surface area is 106 Å². The van der Waals surface area contributed by atoms with Gasteiger partial charge in [0, 0.05) is 6.54 Å². The van der Waals surface area contributed by atoms with E-state index in [1.165, 1.54) is 19.0 Å². The van der Waals surface area contributed by atoms with Crippen LogP contribution in [0, 0.1) is 11.3 Å². The number of hydrogen-bond donors (Lipinski definition) is 1. The number of aromatic nitrogens is 2. The average molecular weight is 260 g/mol. The Morgan fingerprint density at radius 1 is 1.44 bits per heavy atom. The van der Waals surface area contributed by atoms with Crippen LogP contribution in [0.25, 0.3) is 0 Å². The van der Waals surface area contributed by atoms with E-state index in [2.05, 4.69) is 29.1 Å². The zero-order chi connectivity index (χ0) is 11.8. The van der Waals surface area contributed by atoms with Gasteiger partial charge in [0.1, 0.15) is 10.8 Å². The molecule has 1 aliphatic rings. The highest BCUT2D eigenvalue weighted by Crippen LogP contribution is 2.51. The fraction of sp³-hybridized carbons (Fsp3) is 0.636. The van der Waals surface area contributed by atoms with Crippen molar-refractivity contribution in [2.75, 3.05) is 11.9 Å². The summed E-state index contributed by atoms with van der Waals surface area (Å²) in [5, 5.41) is 4.01. The minimum Gasteiger partial charge on any atom is -0.368 e. The molecule has 1 aliphatic carbocycles. The predicted octanol–water partition coefficient (Wildman–Crippen LogP) is 3.63. The zero-order valence-corrected chi connectivity index (χ0v) is 10.9. The van der Waals surface area contributed by atoms with Crippen LogP contribution in [-0.2, 0) is 0 Å². The smallest absolute Gasteiger partial charge is 0.224 e. The van der Waals surface area contributed by atoms with Crippen molar-refractivity contribution in [1.82, 2.24) is 9.97 Å². The van der Waals surface area contributed by atoms with Gasteiger partial charge in [-0.15, -0.1) is 0 Å². The lowest BCUT2D eigenvalue weighted by molar-refractivity contribution is 0.380. The lowest BCUT2D eigenvalue weighted by atomic mass is 9.92.